The van der Waals surface area contributed by atoms with E-state index in [0.717, 1.165) is 33.9 Å². The molecule has 0 saturated carbocycles. The fourth-order valence-corrected chi connectivity index (χ4v) is 3.48. The molecule has 7 nitrogen and oxygen atoms in total. The van der Waals surface area contributed by atoms with Crippen molar-refractivity contribution < 1.29 is 14.2 Å². The second kappa shape index (κ2) is 8.42. The molecule has 0 unspecified atom stereocenters. The molecule has 2 aromatic carbocycles. The van der Waals surface area contributed by atoms with Gasteiger partial charge in [-0.25, -0.2) is 9.50 Å². The Morgan fingerprint density at radius 2 is 1.57 bits per heavy atom. The van der Waals surface area contributed by atoms with E-state index < -0.39 is 0 Å². The molecule has 0 fully saturated rings. The molecule has 0 amide bonds. The van der Waals surface area contributed by atoms with Gasteiger partial charge in [0.05, 0.1) is 32.2 Å². The number of nitrogens with zero attached hydrogens (tertiary/aromatic N) is 2. The second-order valence-corrected chi connectivity index (χ2v) is 6.90. The topological polar surface area (TPSA) is 77.9 Å². The van der Waals surface area contributed by atoms with Crippen molar-refractivity contribution in [3.8, 4) is 22.6 Å². The van der Waals surface area contributed by atoms with Gasteiger partial charge in [0.15, 0.2) is 5.65 Å². The number of aromatic nitrogens is 3. The molecule has 1 N–H and O–H groups in total. The summed E-state index contributed by atoms with van der Waals surface area (Å²) >= 11 is 0. The molecule has 2 heterocycles. The maximum absolute atomic E-state index is 12.8. The molecule has 0 atom stereocenters. The Kier molecular flexibility index (Phi) is 5.54. The maximum atomic E-state index is 12.8. The van der Waals surface area contributed by atoms with E-state index in [4.69, 9.17) is 19.2 Å². The lowest BCUT2D eigenvalue weighted by Gasteiger charge is -2.06. The summed E-state index contributed by atoms with van der Waals surface area (Å²) in [7, 11) is 4.88. The average Bonchev–Trinajstić information content (AvgIpc) is 3.13. The summed E-state index contributed by atoms with van der Waals surface area (Å²) in [5.74, 6) is 1.55. The lowest BCUT2D eigenvalue weighted by Crippen LogP contribution is -2.16. The van der Waals surface area contributed by atoms with Gasteiger partial charge in [-0.2, -0.15) is 0 Å². The lowest BCUT2D eigenvalue weighted by molar-refractivity contribution is 0.181. The summed E-state index contributed by atoms with van der Waals surface area (Å²) in [6.45, 7) is 0.331. The monoisotopic (exact) mass is 405 g/mol. The van der Waals surface area contributed by atoms with Gasteiger partial charge in [0, 0.05) is 25.2 Å². The number of fused-ring (bicyclic) bond motifs is 1. The largest absolute Gasteiger partial charge is 0.497 e. The zero-order chi connectivity index (χ0) is 21.1. The molecule has 4 rings (SSSR count). The van der Waals surface area contributed by atoms with E-state index in [0.29, 0.717) is 24.4 Å². The number of benzene rings is 2. The number of hydrogen-bond acceptors (Lipinski definition) is 5. The van der Waals surface area contributed by atoms with Crippen LogP contribution < -0.4 is 15.0 Å². The lowest BCUT2D eigenvalue weighted by atomic mass is 10.1. The fourth-order valence-electron chi connectivity index (χ4n) is 3.48. The van der Waals surface area contributed by atoms with Gasteiger partial charge < -0.3 is 14.2 Å². The predicted octanol–water partition coefficient (Wildman–Crippen LogP) is 3.44. The van der Waals surface area contributed by atoms with Crippen LogP contribution in [0.25, 0.3) is 16.8 Å². The highest BCUT2D eigenvalue weighted by atomic mass is 16.5. The number of rotatable bonds is 7. The molecule has 0 spiro atoms. The van der Waals surface area contributed by atoms with E-state index in [9.17, 15) is 4.79 Å². The number of H-pyrrole nitrogens is 1. The van der Waals surface area contributed by atoms with Gasteiger partial charge in [-0.3, -0.25) is 9.89 Å². The van der Waals surface area contributed by atoms with Crippen molar-refractivity contribution in [1.29, 1.82) is 0 Å². The van der Waals surface area contributed by atoms with Crippen LogP contribution in [0.5, 0.6) is 11.5 Å². The number of nitrogens with one attached hydrogen (secondary N) is 1. The molecule has 4 aromatic rings. The molecule has 0 aliphatic carbocycles. The fraction of sp³-hybridized carbons (Fsp3) is 0.217. The zero-order valence-electron chi connectivity index (χ0n) is 17.1. The van der Waals surface area contributed by atoms with Crippen molar-refractivity contribution in [3.05, 3.63) is 81.9 Å². The Morgan fingerprint density at radius 3 is 2.17 bits per heavy atom. The SMILES string of the molecule is COCc1[nH]n2c(=O)cc(Cc3ccc(OC)cc3)nc2c1-c1ccc(OC)cc1. The summed E-state index contributed by atoms with van der Waals surface area (Å²) in [6, 6.07) is 17.0. The van der Waals surface area contributed by atoms with Crippen LogP contribution in [0.2, 0.25) is 0 Å². The molecule has 0 aliphatic heterocycles. The van der Waals surface area contributed by atoms with Crippen LogP contribution in [-0.2, 0) is 17.8 Å². The smallest absolute Gasteiger partial charge is 0.272 e. The first-order valence-corrected chi connectivity index (χ1v) is 9.52. The summed E-state index contributed by atoms with van der Waals surface area (Å²) in [4.78, 5) is 17.6. The highest BCUT2D eigenvalue weighted by molar-refractivity contribution is 5.80. The quantitative estimate of drug-likeness (QED) is 0.510. The maximum Gasteiger partial charge on any atom is 0.272 e. The first-order valence-electron chi connectivity index (χ1n) is 9.52. The Labute approximate surface area is 173 Å². The van der Waals surface area contributed by atoms with Gasteiger partial charge in [0.2, 0.25) is 0 Å². The third-order valence-corrected chi connectivity index (χ3v) is 4.96. The van der Waals surface area contributed by atoms with Gasteiger partial charge in [-0.05, 0) is 35.4 Å². The van der Waals surface area contributed by atoms with Gasteiger partial charge >= 0.3 is 0 Å². The van der Waals surface area contributed by atoms with E-state index in [2.05, 4.69) is 5.10 Å². The van der Waals surface area contributed by atoms with E-state index >= 15 is 0 Å². The molecule has 0 bridgehead atoms. The third kappa shape index (κ3) is 3.79. The summed E-state index contributed by atoms with van der Waals surface area (Å²) < 4.78 is 17.3. The standard InChI is InChI=1S/C23H23N3O4/c1-28-14-20-22(16-6-10-19(30-3)11-7-16)23-24-17(13-21(27)26(23)25-20)12-15-4-8-18(29-2)9-5-15/h4-11,13,25H,12,14H2,1-3H3. The third-order valence-electron chi connectivity index (χ3n) is 4.96. The molecule has 30 heavy (non-hydrogen) atoms. The molecule has 0 aliphatic rings. The van der Waals surface area contributed by atoms with Crippen molar-refractivity contribution in [2.24, 2.45) is 0 Å². The number of methoxy groups -OCH3 is 3. The van der Waals surface area contributed by atoms with Gasteiger partial charge in [0.25, 0.3) is 5.56 Å². The van der Waals surface area contributed by atoms with E-state index in [1.54, 1.807) is 27.4 Å². The Bertz CT molecular complexity index is 1210. The van der Waals surface area contributed by atoms with Crippen molar-refractivity contribution in [3.63, 3.8) is 0 Å². The minimum atomic E-state index is -0.166. The van der Waals surface area contributed by atoms with Crippen LogP contribution >= 0.6 is 0 Å². The van der Waals surface area contributed by atoms with Crippen molar-refractivity contribution in [1.82, 2.24) is 14.6 Å². The number of hydrogen-bond donors (Lipinski definition) is 1. The van der Waals surface area contributed by atoms with Crippen molar-refractivity contribution in [2.45, 2.75) is 13.0 Å². The Hall–Kier alpha value is -3.58. The van der Waals surface area contributed by atoms with Crippen LogP contribution in [0.3, 0.4) is 0 Å². The van der Waals surface area contributed by atoms with E-state index in [-0.39, 0.29) is 5.56 Å². The first kappa shape index (κ1) is 19.7. The molecule has 0 saturated heterocycles. The second-order valence-electron chi connectivity index (χ2n) is 6.90. The van der Waals surface area contributed by atoms with Gasteiger partial charge in [-0.15, -0.1) is 0 Å². The zero-order valence-corrected chi connectivity index (χ0v) is 17.1. The average molecular weight is 405 g/mol. The summed E-state index contributed by atoms with van der Waals surface area (Å²) in [5.41, 5.74) is 4.70. The summed E-state index contributed by atoms with van der Waals surface area (Å²) in [6.07, 6.45) is 0.544. The van der Waals surface area contributed by atoms with Gasteiger partial charge in [0.1, 0.15) is 11.5 Å². The van der Waals surface area contributed by atoms with Crippen molar-refractivity contribution in [2.75, 3.05) is 21.3 Å². The number of aromatic amines is 1. The molecular formula is C23H23N3O4. The molecular weight excluding hydrogens is 382 g/mol. The Balaban J connectivity index is 1.81. The van der Waals surface area contributed by atoms with Crippen LogP contribution in [-0.4, -0.2) is 35.9 Å². The molecule has 2 aromatic heterocycles. The molecule has 7 heteroatoms. The van der Waals surface area contributed by atoms with Crippen LogP contribution in [0.4, 0.5) is 0 Å². The Morgan fingerprint density at radius 1 is 0.933 bits per heavy atom. The van der Waals surface area contributed by atoms with Crippen molar-refractivity contribution >= 4 is 5.65 Å². The minimum absolute atomic E-state index is 0.166. The highest BCUT2D eigenvalue weighted by Gasteiger charge is 2.17. The minimum Gasteiger partial charge on any atom is -0.497 e. The molecule has 154 valence electrons. The predicted molar refractivity (Wildman–Crippen MR) is 114 cm³/mol. The highest BCUT2D eigenvalue weighted by Crippen LogP contribution is 2.29. The van der Waals surface area contributed by atoms with E-state index in [1.807, 2.05) is 48.5 Å². The van der Waals surface area contributed by atoms with Crippen LogP contribution in [0.15, 0.2) is 59.4 Å². The molecule has 0 radical (unpaired) electrons. The summed E-state index contributed by atoms with van der Waals surface area (Å²) in [5, 5.41) is 3.14. The van der Waals surface area contributed by atoms with Crippen LogP contribution in [0.1, 0.15) is 17.0 Å². The number of ether oxygens (including phenoxy) is 3. The normalized spacial score (nSPS) is 11.0. The van der Waals surface area contributed by atoms with Crippen LogP contribution in [0, 0.1) is 0 Å². The van der Waals surface area contributed by atoms with Gasteiger partial charge in [-0.1, -0.05) is 24.3 Å². The van der Waals surface area contributed by atoms with E-state index in [1.165, 1.54) is 4.52 Å². The first-order chi connectivity index (χ1) is 14.6.